The van der Waals surface area contributed by atoms with E-state index in [1.807, 2.05) is 24.3 Å². The van der Waals surface area contributed by atoms with E-state index in [0.717, 1.165) is 62.4 Å². The molecule has 0 amide bonds. The number of carbonyl (C=O) groups is 1. The fourth-order valence-electron chi connectivity index (χ4n) is 3.98. The zero-order chi connectivity index (χ0) is 20.2. The van der Waals surface area contributed by atoms with Gasteiger partial charge in [-0.1, -0.05) is 76.1 Å². The lowest BCUT2D eigenvalue weighted by Crippen LogP contribution is -2.03. The number of unbranched alkanes of at least 4 members (excludes halogenated alkanes) is 3. The van der Waals surface area contributed by atoms with Crippen molar-refractivity contribution in [1.82, 2.24) is 0 Å². The van der Waals surface area contributed by atoms with Gasteiger partial charge >= 0.3 is 0 Å². The molecule has 0 aliphatic carbocycles. The molecule has 0 fully saturated rings. The zero-order valence-corrected chi connectivity index (χ0v) is 16.9. The van der Waals surface area contributed by atoms with E-state index < -0.39 is 0 Å². The Morgan fingerprint density at radius 1 is 0.750 bits per heavy atom. The fraction of sp³-hybridized carbons (Fsp3) is 0.480. The van der Waals surface area contributed by atoms with Crippen LogP contribution in [0.1, 0.15) is 81.8 Å². The molecule has 0 bridgehead atoms. The molecule has 28 heavy (non-hydrogen) atoms. The van der Waals surface area contributed by atoms with Gasteiger partial charge in [0.25, 0.3) is 0 Å². The van der Waals surface area contributed by atoms with Gasteiger partial charge in [0, 0.05) is 12.3 Å². The van der Waals surface area contributed by atoms with Crippen molar-refractivity contribution >= 4 is 6.29 Å². The van der Waals surface area contributed by atoms with Gasteiger partial charge in [0.1, 0.15) is 17.9 Å². The molecule has 1 unspecified atom stereocenters. The van der Waals surface area contributed by atoms with Crippen molar-refractivity contribution in [2.75, 3.05) is 0 Å². The van der Waals surface area contributed by atoms with Crippen LogP contribution in [0.25, 0.3) is 0 Å². The smallest absolute Gasteiger partial charge is 0.123 e. The lowest BCUT2D eigenvalue weighted by atomic mass is 9.86. The van der Waals surface area contributed by atoms with E-state index in [0.29, 0.717) is 12.3 Å². The summed E-state index contributed by atoms with van der Waals surface area (Å²) in [4.78, 5) is 10.8. The lowest BCUT2D eigenvalue weighted by Gasteiger charge is -2.18. The molecule has 152 valence electrons. The quantitative estimate of drug-likeness (QED) is 0.258. The van der Waals surface area contributed by atoms with Crippen LogP contribution in [0.2, 0.25) is 0 Å². The second-order valence-corrected chi connectivity index (χ2v) is 7.70. The van der Waals surface area contributed by atoms with Gasteiger partial charge in [0.15, 0.2) is 0 Å². The van der Waals surface area contributed by atoms with Gasteiger partial charge in [0.05, 0.1) is 0 Å². The van der Waals surface area contributed by atoms with E-state index in [1.54, 1.807) is 0 Å². The Labute approximate surface area is 168 Å². The molecule has 0 radical (unpaired) electrons. The third-order valence-electron chi connectivity index (χ3n) is 5.53. The predicted molar refractivity (Wildman–Crippen MR) is 111 cm³/mol. The molecule has 0 saturated carbocycles. The summed E-state index contributed by atoms with van der Waals surface area (Å²) in [5.74, 6) is 0.218. The van der Waals surface area contributed by atoms with Crippen LogP contribution in [0.5, 0.6) is 0 Å². The minimum Gasteiger partial charge on any atom is -0.303 e. The second kappa shape index (κ2) is 12.4. The van der Waals surface area contributed by atoms with Gasteiger partial charge < -0.3 is 4.79 Å². The molecule has 0 aliphatic heterocycles. The average Bonchev–Trinajstić information content (AvgIpc) is 2.69. The molecule has 0 heterocycles. The maximum atomic E-state index is 13.3. The third kappa shape index (κ3) is 7.53. The second-order valence-electron chi connectivity index (χ2n) is 7.70. The van der Waals surface area contributed by atoms with Crippen LogP contribution in [0.4, 0.5) is 8.78 Å². The largest absolute Gasteiger partial charge is 0.303 e. The first-order valence-corrected chi connectivity index (χ1v) is 10.6. The van der Waals surface area contributed by atoms with Gasteiger partial charge in [-0.2, -0.15) is 0 Å². The standard InChI is InChI=1S/C25H32F2O/c1-2-7-20(18-19-28)8-5-3-4-6-9-25(21-10-14-23(26)15-11-21)22-12-16-24(27)17-13-22/h10-17,19-20,25H,2-9,18H2,1H3. The van der Waals surface area contributed by atoms with Crippen molar-refractivity contribution in [2.45, 2.75) is 70.6 Å². The highest BCUT2D eigenvalue weighted by molar-refractivity contribution is 5.49. The van der Waals surface area contributed by atoms with Crippen molar-refractivity contribution in [3.63, 3.8) is 0 Å². The number of benzene rings is 2. The first-order valence-electron chi connectivity index (χ1n) is 10.6. The monoisotopic (exact) mass is 386 g/mol. The summed E-state index contributed by atoms with van der Waals surface area (Å²) in [6, 6.07) is 13.3. The molecule has 1 nitrogen and oxygen atoms in total. The molecule has 2 rings (SSSR count). The van der Waals surface area contributed by atoms with E-state index >= 15 is 0 Å². The SMILES string of the molecule is CCCC(CC=O)CCCCCCC(c1ccc(F)cc1)c1ccc(F)cc1. The van der Waals surface area contributed by atoms with Crippen molar-refractivity contribution in [3.8, 4) is 0 Å². The summed E-state index contributed by atoms with van der Waals surface area (Å²) in [7, 11) is 0. The Kier molecular flexibility index (Phi) is 9.88. The number of rotatable bonds is 13. The van der Waals surface area contributed by atoms with Crippen molar-refractivity contribution in [3.05, 3.63) is 71.3 Å². The fourth-order valence-corrected chi connectivity index (χ4v) is 3.98. The van der Waals surface area contributed by atoms with Crippen LogP contribution in [-0.2, 0) is 4.79 Å². The molecule has 0 aromatic heterocycles. The Balaban J connectivity index is 1.86. The topological polar surface area (TPSA) is 17.1 Å². The Morgan fingerprint density at radius 3 is 1.71 bits per heavy atom. The summed E-state index contributed by atoms with van der Waals surface area (Å²) >= 11 is 0. The van der Waals surface area contributed by atoms with Crippen LogP contribution >= 0.6 is 0 Å². The highest BCUT2D eigenvalue weighted by Gasteiger charge is 2.14. The van der Waals surface area contributed by atoms with Crippen LogP contribution in [0, 0.1) is 17.6 Å². The van der Waals surface area contributed by atoms with E-state index in [9.17, 15) is 13.6 Å². The third-order valence-corrected chi connectivity index (χ3v) is 5.53. The highest BCUT2D eigenvalue weighted by Crippen LogP contribution is 2.31. The summed E-state index contributed by atoms with van der Waals surface area (Å²) in [6.07, 6.45) is 10.6. The minimum absolute atomic E-state index is 0.157. The van der Waals surface area contributed by atoms with Crippen LogP contribution < -0.4 is 0 Å². The van der Waals surface area contributed by atoms with Gasteiger partial charge in [-0.3, -0.25) is 0 Å². The first kappa shape index (κ1) is 22.3. The summed E-state index contributed by atoms with van der Waals surface area (Å²) in [5, 5.41) is 0. The van der Waals surface area contributed by atoms with Crippen molar-refractivity contribution < 1.29 is 13.6 Å². The molecule has 1 atom stereocenters. The Hall–Kier alpha value is -2.03. The molecule has 2 aromatic rings. The molecule has 3 heteroatoms. The van der Waals surface area contributed by atoms with Gasteiger partial charge in [-0.05, 0) is 47.7 Å². The maximum absolute atomic E-state index is 13.3. The van der Waals surface area contributed by atoms with Crippen molar-refractivity contribution in [2.24, 2.45) is 5.92 Å². The average molecular weight is 387 g/mol. The van der Waals surface area contributed by atoms with E-state index in [1.165, 1.54) is 30.7 Å². The van der Waals surface area contributed by atoms with Gasteiger partial charge in [-0.15, -0.1) is 0 Å². The van der Waals surface area contributed by atoms with Crippen LogP contribution in [0.15, 0.2) is 48.5 Å². The number of aldehydes is 1. The summed E-state index contributed by atoms with van der Waals surface area (Å²) in [6.45, 7) is 2.17. The molecular weight excluding hydrogens is 354 g/mol. The van der Waals surface area contributed by atoms with Gasteiger partial charge in [0.2, 0.25) is 0 Å². The number of hydrogen-bond donors (Lipinski definition) is 0. The number of halogens is 2. The Morgan fingerprint density at radius 2 is 1.25 bits per heavy atom. The Bertz CT molecular complexity index is 633. The lowest BCUT2D eigenvalue weighted by molar-refractivity contribution is -0.108. The van der Waals surface area contributed by atoms with Crippen LogP contribution in [-0.4, -0.2) is 6.29 Å². The molecule has 2 aromatic carbocycles. The molecule has 0 aliphatic rings. The van der Waals surface area contributed by atoms with Gasteiger partial charge in [-0.25, -0.2) is 8.78 Å². The van der Waals surface area contributed by atoms with E-state index in [-0.39, 0.29) is 17.6 Å². The van der Waals surface area contributed by atoms with Crippen LogP contribution in [0.3, 0.4) is 0 Å². The molecule has 0 spiro atoms. The normalized spacial score (nSPS) is 12.3. The predicted octanol–water partition coefficient (Wildman–Crippen LogP) is 7.44. The maximum Gasteiger partial charge on any atom is 0.123 e. The molecular formula is C25H32F2O. The zero-order valence-electron chi connectivity index (χ0n) is 16.9. The highest BCUT2D eigenvalue weighted by atomic mass is 19.1. The molecule has 0 saturated heterocycles. The number of carbonyl (C=O) groups excluding carboxylic acids is 1. The summed E-state index contributed by atoms with van der Waals surface area (Å²) < 4.78 is 26.6. The van der Waals surface area contributed by atoms with E-state index in [2.05, 4.69) is 6.92 Å². The molecule has 0 N–H and O–H groups in total. The van der Waals surface area contributed by atoms with Crippen molar-refractivity contribution in [1.29, 1.82) is 0 Å². The first-order chi connectivity index (χ1) is 13.6. The summed E-state index contributed by atoms with van der Waals surface area (Å²) in [5.41, 5.74) is 2.14. The number of hydrogen-bond acceptors (Lipinski definition) is 1. The minimum atomic E-state index is -0.237. The van der Waals surface area contributed by atoms with E-state index in [4.69, 9.17) is 0 Å².